The lowest BCUT2D eigenvalue weighted by Crippen LogP contribution is -2.33. The minimum atomic E-state index is -0.878. The molecule has 1 N–H and O–H groups in total. The molecule has 0 aliphatic heterocycles. The van der Waals surface area contributed by atoms with E-state index in [2.05, 4.69) is 13.8 Å². The Kier molecular flexibility index (Phi) is 9.90. The summed E-state index contributed by atoms with van der Waals surface area (Å²) in [6.07, 6.45) is 17.7. The largest absolute Gasteiger partial charge is 0.487 e. The van der Waals surface area contributed by atoms with Crippen LogP contribution in [0.5, 0.6) is 5.75 Å². The summed E-state index contributed by atoms with van der Waals surface area (Å²) in [4.78, 5) is 0. The summed E-state index contributed by atoms with van der Waals surface area (Å²) in [5.74, 6) is 0.753. The van der Waals surface area contributed by atoms with Crippen LogP contribution in [-0.2, 0) is 0 Å². The van der Waals surface area contributed by atoms with Crippen LogP contribution in [0.25, 0.3) is 0 Å². The minimum absolute atomic E-state index is 0.0194. The zero-order chi connectivity index (χ0) is 24.8. The molecule has 0 saturated heterocycles. The first-order chi connectivity index (χ1) is 17.0. The van der Waals surface area contributed by atoms with Crippen LogP contribution in [0.3, 0.4) is 0 Å². The second-order valence-corrected chi connectivity index (χ2v) is 12.0. The Balaban J connectivity index is 1.30. The molecule has 0 heterocycles. The Morgan fingerprint density at radius 2 is 1.51 bits per heavy atom. The number of hydrogen-bond acceptors (Lipinski definition) is 2. The molecule has 4 heteroatoms. The third kappa shape index (κ3) is 6.79. The molecule has 0 aromatic heterocycles. The Bertz CT molecular complexity index is 788. The first kappa shape index (κ1) is 26.9. The van der Waals surface area contributed by atoms with Crippen LogP contribution < -0.4 is 4.74 Å². The highest BCUT2D eigenvalue weighted by molar-refractivity contribution is 5.34. The first-order valence-corrected chi connectivity index (χ1v) is 14.8. The van der Waals surface area contributed by atoms with E-state index in [1.54, 1.807) is 12.1 Å². The first-order valence-electron chi connectivity index (χ1n) is 14.8. The highest BCUT2D eigenvalue weighted by Crippen LogP contribution is 2.46. The maximum absolute atomic E-state index is 15.1. The lowest BCUT2D eigenvalue weighted by molar-refractivity contribution is 0.0453. The summed E-state index contributed by atoms with van der Waals surface area (Å²) in [6, 6.07) is 3.27. The maximum Gasteiger partial charge on any atom is 0.200 e. The van der Waals surface area contributed by atoms with Crippen LogP contribution in [0.2, 0.25) is 0 Å². The monoisotopic (exact) mass is 490 g/mol. The van der Waals surface area contributed by atoms with Crippen molar-refractivity contribution in [1.82, 2.24) is 0 Å². The molecule has 3 saturated carbocycles. The number of unbranched alkanes of at least 4 members (excludes halogenated alkanes) is 2. The van der Waals surface area contributed by atoms with Crippen LogP contribution in [0.4, 0.5) is 8.78 Å². The molecular weight excluding hydrogens is 442 g/mol. The third-order valence-electron chi connectivity index (χ3n) is 9.59. The summed E-state index contributed by atoms with van der Waals surface area (Å²) in [5.41, 5.74) is 0.329. The van der Waals surface area contributed by atoms with E-state index in [1.165, 1.54) is 57.8 Å². The SMILES string of the molecule is CCCCCC1CCC(C2CCC(c3ccc(OC4CCC(CCC)C4)c(F)c3F)C(O)C2)CC1. The summed E-state index contributed by atoms with van der Waals surface area (Å²) >= 11 is 0. The lowest BCUT2D eigenvalue weighted by atomic mass is 9.67. The number of hydrogen-bond donors (Lipinski definition) is 1. The standard InChI is InChI=1S/C31H48F2O2/c1-3-5-6-8-21-9-12-23(13-10-21)24-14-16-26(28(34)20-24)27-17-18-29(31(33)30(27)32)35-25-15-11-22(19-25)7-4-2/h17-18,21-26,28,34H,3-16,19-20H2,1-2H3. The van der Waals surface area contributed by atoms with Gasteiger partial charge in [0.1, 0.15) is 0 Å². The van der Waals surface area contributed by atoms with Crippen LogP contribution >= 0.6 is 0 Å². The average molecular weight is 491 g/mol. The van der Waals surface area contributed by atoms with Gasteiger partial charge in [-0.15, -0.1) is 0 Å². The van der Waals surface area contributed by atoms with Gasteiger partial charge < -0.3 is 9.84 Å². The van der Waals surface area contributed by atoms with Crippen molar-refractivity contribution < 1.29 is 18.6 Å². The zero-order valence-corrected chi connectivity index (χ0v) is 22.1. The number of benzene rings is 1. The van der Waals surface area contributed by atoms with E-state index in [4.69, 9.17) is 4.74 Å². The van der Waals surface area contributed by atoms with Gasteiger partial charge in [0.15, 0.2) is 11.6 Å². The van der Waals surface area contributed by atoms with E-state index >= 15 is 4.39 Å². The molecule has 0 bridgehead atoms. The molecule has 0 radical (unpaired) electrons. The number of ether oxygens (including phenoxy) is 1. The number of aliphatic hydroxyl groups excluding tert-OH is 1. The topological polar surface area (TPSA) is 29.5 Å². The van der Waals surface area contributed by atoms with Crippen LogP contribution in [0.1, 0.15) is 128 Å². The molecule has 0 spiro atoms. The van der Waals surface area contributed by atoms with Crippen molar-refractivity contribution in [3.05, 3.63) is 29.3 Å². The predicted octanol–water partition coefficient (Wildman–Crippen LogP) is 8.94. The van der Waals surface area contributed by atoms with E-state index in [9.17, 15) is 9.50 Å². The van der Waals surface area contributed by atoms with Crippen molar-refractivity contribution in [3.8, 4) is 5.75 Å². The van der Waals surface area contributed by atoms with Crippen molar-refractivity contribution in [2.24, 2.45) is 23.7 Å². The summed E-state index contributed by atoms with van der Waals surface area (Å²) in [5, 5.41) is 11.0. The van der Waals surface area contributed by atoms with E-state index in [1.807, 2.05) is 0 Å². The van der Waals surface area contributed by atoms with Gasteiger partial charge in [-0.05, 0) is 86.7 Å². The molecule has 198 valence electrons. The van der Waals surface area contributed by atoms with E-state index in [-0.39, 0.29) is 17.8 Å². The van der Waals surface area contributed by atoms with Gasteiger partial charge in [0, 0.05) is 5.92 Å². The van der Waals surface area contributed by atoms with Gasteiger partial charge in [0.25, 0.3) is 0 Å². The molecular formula is C31H48F2O2. The molecule has 3 aliphatic carbocycles. The van der Waals surface area contributed by atoms with Crippen LogP contribution in [0.15, 0.2) is 12.1 Å². The Hall–Kier alpha value is -1.16. The molecule has 0 amide bonds. The molecule has 5 unspecified atom stereocenters. The molecule has 35 heavy (non-hydrogen) atoms. The molecule has 1 aromatic carbocycles. The lowest BCUT2D eigenvalue weighted by Gasteiger charge is -2.40. The van der Waals surface area contributed by atoms with Crippen molar-refractivity contribution in [2.45, 2.75) is 135 Å². The zero-order valence-electron chi connectivity index (χ0n) is 22.1. The Morgan fingerprint density at radius 1 is 0.771 bits per heavy atom. The van der Waals surface area contributed by atoms with Crippen molar-refractivity contribution in [2.75, 3.05) is 0 Å². The van der Waals surface area contributed by atoms with Gasteiger partial charge in [-0.2, -0.15) is 4.39 Å². The Labute approximate surface area is 212 Å². The smallest absolute Gasteiger partial charge is 0.200 e. The maximum atomic E-state index is 15.1. The molecule has 5 atom stereocenters. The van der Waals surface area contributed by atoms with Gasteiger partial charge in [-0.3, -0.25) is 0 Å². The van der Waals surface area contributed by atoms with E-state index in [0.29, 0.717) is 23.3 Å². The van der Waals surface area contributed by atoms with Crippen molar-refractivity contribution in [3.63, 3.8) is 0 Å². The number of aliphatic hydroxyl groups is 1. The Morgan fingerprint density at radius 3 is 2.23 bits per heavy atom. The average Bonchev–Trinajstić information content (AvgIpc) is 3.30. The van der Waals surface area contributed by atoms with Gasteiger partial charge >= 0.3 is 0 Å². The molecule has 2 nitrogen and oxygen atoms in total. The number of halogens is 2. The highest BCUT2D eigenvalue weighted by atomic mass is 19.2. The summed E-state index contributed by atoms with van der Waals surface area (Å²) in [6.45, 7) is 4.45. The van der Waals surface area contributed by atoms with Crippen molar-refractivity contribution >= 4 is 0 Å². The molecule has 3 fully saturated rings. The third-order valence-corrected chi connectivity index (χ3v) is 9.59. The number of rotatable bonds is 10. The molecule has 4 rings (SSSR count). The quantitative estimate of drug-likeness (QED) is 0.332. The van der Waals surface area contributed by atoms with Gasteiger partial charge in [0.05, 0.1) is 12.2 Å². The van der Waals surface area contributed by atoms with Crippen molar-refractivity contribution in [1.29, 1.82) is 0 Å². The fraction of sp³-hybridized carbons (Fsp3) is 0.806. The summed E-state index contributed by atoms with van der Waals surface area (Å²) in [7, 11) is 0. The van der Waals surface area contributed by atoms with Gasteiger partial charge in [0.2, 0.25) is 5.82 Å². The minimum Gasteiger partial charge on any atom is -0.487 e. The van der Waals surface area contributed by atoms with Crippen LogP contribution in [0, 0.1) is 35.3 Å². The van der Waals surface area contributed by atoms with Gasteiger partial charge in [-0.25, -0.2) is 4.39 Å². The second kappa shape index (κ2) is 12.9. The normalized spacial score (nSPS) is 33.7. The molecule has 1 aromatic rings. The second-order valence-electron chi connectivity index (χ2n) is 12.0. The van der Waals surface area contributed by atoms with E-state index < -0.39 is 17.7 Å². The fourth-order valence-electron chi connectivity index (χ4n) is 7.51. The predicted molar refractivity (Wildman–Crippen MR) is 139 cm³/mol. The van der Waals surface area contributed by atoms with Crippen LogP contribution in [-0.4, -0.2) is 17.3 Å². The molecule has 3 aliphatic rings. The fourth-order valence-corrected chi connectivity index (χ4v) is 7.51. The van der Waals surface area contributed by atoms with Gasteiger partial charge in [-0.1, -0.05) is 71.3 Å². The van der Waals surface area contributed by atoms with E-state index in [0.717, 1.165) is 50.9 Å². The summed E-state index contributed by atoms with van der Waals surface area (Å²) < 4.78 is 36.0. The highest BCUT2D eigenvalue weighted by Gasteiger charge is 2.37.